The number of hydrogen-bond donors (Lipinski definition) is 1. The van der Waals surface area contributed by atoms with Crippen molar-refractivity contribution in [1.82, 2.24) is 0 Å². The zero-order chi connectivity index (χ0) is 13.1. The predicted molar refractivity (Wildman–Crippen MR) is 67.6 cm³/mol. The minimum atomic E-state index is -0.838. The van der Waals surface area contributed by atoms with Gasteiger partial charge in [-0.3, -0.25) is 4.79 Å². The number of aliphatic carboxylic acids is 1. The summed E-state index contributed by atoms with van der Waals surface area (Å²) >= 11 is 0. The molecule has 1 rings (SSSR count). The molecule has 3 nitrogen and oxygen atoms in total. The normalized spacial score (nSPS) is 11.3. The minimum Gasteiger partial charge on any atom is -0.493 e. The molecule has 94 valence electrons. The number of carboxylic acids is 1. The molecular formula is C14H20O3. The van der Waals surface area contributed by atoms with Gasteiger partial charge in [0, 0.05) is 0 Å². The molecule has 0 atom stereocenters. The van der Waals surface area contributed by atoms with Gasteiger partial charge in [0.25, 0.3) is 0 Å². The third-order valence-corrected chi connectivity index (χ3v) is 2.52. The van der Waals surface area contributed by atoms with Crippen LogP contribution in [0.15, 0.2) is 18.2 Å². The Morgan fingerprint density at radius 1 is 1.35 bits per heavy atom. The van der Waals surface area contributed by atoms with Crippen molar-refractivity contribution in [2.45, 2.75) is 39.5 Å². The molecule has 1 N–H and O–H groups in total. The quantitative estimate of drug-likeness (QED) is 0.873. The maximum absolute atomic E-state index is 10.4. The summed E-state index contributed by atoms with van der Waals surface area (Å²) in [6.45, 7) is 8.60. The van der Waals surface area contributed by atoms with E-state index in [4.69, 9.17) is 9.84 Å². The molecule has 0 heterocycles. The van der Waals surface area contributed by atoms with E-state index >= 15 is 0 Å². The van der Waals surface area contributed by atoms with Crippen LogP contribution < -0.4 is 4.74 Å². The summed E-state index contributed by atoms with van der Waals surface area (Å²) in [5.74, 6) is -0.0567. The smallest absolute Gasteiger partial charge is 0.306 e. The topological polar surface area (TPSA) is 46.5 Å². The molecule has 0 spiro atoms. The Morgan fingerprint density at radius 3 is 2.53 bits per heavy atom. The van der Waals surface area contributed by atoms with E-state index < -0.39 is 5.97 Å². The van der Waals surface area contributed by atoms with Gasteiger partial charge in [-0.1, -0.05) is 38.5 Å². The van der Waals surface area contributed by atoms with Crippen LogP contribution in [0, 0.1) is 6.92 Å². The Morgan fingerprint density at radius 2 is 2.00 bits per heavy atom. The van der Waals surface area contributed by atoms with E-state index in [0.29, 0.717) is 0 Å². The van der Waals surface area contributed by atoms with Gasteiger partial charge in [-0.15, -0.1) is 0 Å². The van der Waals surface area contributed by atoms with Crippen LogP contribution in [-0.2, 0) is 10.2 Å². The summed E-state index contributed by atoms with van der Waals surface area (Å²) in [6, 6.07) is 5.99. The Hall–Kier alpha value is -1.51. The Kier molecular flexibility index (Phi) is 4.16. The van der Waals surface area contributed by atoms with Crippen molar-refractivity contribution in [3.8, 4) is 5.75 Å². The summed E-state index contributed by atoms with van der Waals surface area (Å²) < 4.78 is 5.55. The van der Waals surface area contributed by atoms with Crippen molar-refractivity contribution in [3.05, 3.63) is 29.3 Å². The fourth-order valence-corrected chi connectivity index (χ4v) is 1.60. The van der Waals surface area contributed by atoms with E-state index in [1.165, 1.54) is 5.56 Å². The van der Waals surface area contributed by atoms with Crippen molar-refractivity contribution in [2.75, 3.05) is 6.61 Å². The molecule has 0 aliphatic carbocycles. The first-order valence-electron chi connectivity index (χ1n) is 5.76. The van der Waals surface area contributed by atoms with Gasteiger partial charge in [-0.05, 0) is 24.0 Å². The maximum Gasteiger partial charge on any atom is 0.306 e. The van der Waals surface area contributed by atoms with Crippen LogP contribution >= 0.6 is 0 Å². The Labute approximate surface area is 102 Å². The molecule has 3 heteroatoms. The van der Waals surface area contributed by atoms with E-state index in [9.17, 15) is 4.79 Å². The van der Waals surface area contributed by atoms with Gasteiger partial charge in [-0.2, -0.15) is 0 Å². The lowest BCUT2D eigenvalue weighted by atomic mass is 9.85. The highest BCUT2D eigenvalue weighted by Crippen LogP contribution is 2.32. The second-order valence-corrected chi connectivity index (χ2v) is 5.24. The molecule has 0 unspecified atom stereocenters. The predicted octanol–water partition coefficient (Wildman–Crippen LogP) is 3.15. The van der Waals surface area contributed by atoms with Crippen LogP contribution in [-0.4, -0.2) is 17.7 Å². The maximum atomic E-state index is 10.4. The van der Waals surface area contributed by atoms with Crippen LogP contribution in [0.3, 0.4) is 0 Å². The molecule has 0 aliphatic rings. The highest BCUT2D eigenvalue weighted by atomic mass is 16.5. The number of carbonyl (C=O) groups is 1. The number of carboxylic acid groups (broad SMARTS) is 1. The van der Waals surface area contributed by atoms with E-state index in [1.54, 1.807) is 0 Å². The first-order valence-corrected chi connectivity index (χ1v) is 5.76. The summed E-state index contributed by atoms with van der Waals surface area (Å²) in [5.41, 5.74) is 2.29. The van der Waals surface area contributed by atoms with E-state index in [-0.39, 0.29) is 18.4 Å². The molecule has 0 bridgehead atoms. The zero-order valence-corrected chi connectivity index (χ0v) is 10.9. The van der Waals surface area contributed by atoms with Crippen LogP contribution in [0.5, 0.6) is 5.75 Å². The van der Waals surface area contributed by atoms with Crippen LogP contribution in [0.4, 0.5) is 0 Å². The summed E-state index contributed by atoms with van der Waals surface area (Å²) in [7, 11) is 0. The summed E-state index contributed by atoms with van der Waals surface area (Å²) in [5, 5.41) is 8.58. The summed E-state index contributed by atoms with van der Waals surface area (Å²) in [6.07, 6.45) is 0.0253. The molecule has 1 aromatic rings. The Bertz CT molecular complexity index is 402. The number of ether oxygens (including phenoxy) is 1. The highest BCUT2D eigenvalue weighted by Gasteiger charge is 2.19. The SMILES string of the molecule is Cc1ccc(OCCC(=O)O)c(C(C)(C)C)c1. The second-order valence-electron chi connectivity index (χ2n) is 5.24. The molecule has 0 aromatic heterocycles. The first-order chi connectivity index (χ1) is 7.80. The number of hydrogen-bond acceptors (Lipinski definition) is 2. The van der Waals surface area contributed by atoms with Crippen molar-refractivity contribution < 1.29 is 14.6 Å². The van der Waals surface area contributed by atoms with Gasteiger partial charge in [-0.25, -0.2) is 0 Å². The molecule has 0 aliphatic heterocycles. The molecule has 0 saturated heterocycles. The van der Waals surface area contributed by atoms with Crippen molar-refractivity contribution in [3.63, 3.8) is 0 Å². The summed E-state index contributed by atoms with van der Waals surface area (Å²) in [4.78, 5) is 10.4. The largest absolute Gasteiger partial charge is 0.493 e. The fraction of sp³-hybridized carbons (Fsp3) is 0.500. The minimum absolute atomic E-state index is 0.00935. The monoisotopic (exact) mass is 236 g/mol. The van der Waals surface area contributed by atoms with Crippen molar-refractivity contribution in [1.29, 1.82) is 0 Å². The molecule has 1 aromatic carbocycles. The van der Waals surface area contributed by atoms with Gasteiger partial charge < -0.3 is 9.84 Å². The third kappa shape index (κ3) is 4.10. The van der Waals surface area contributed by atoms with Crippen LogP contribution in [0.25, 0.3) is 0 Å². The first kappa shape index (κ1) is 13.6. The molecular weight excluding hydrogens is 216 g/mol. The lowest BCUT2D eigenvalue weighted by Gasteiger charge is -2.23. The van der Waals surface area contributed by atoms with Gasteiger partial charge >= 0.3 is 5.97 Å². The second kappa shape index (κ2) is 5.21. The van der Waals surface area contributed by atoms with Gasteiger partial charge in [0.15, 0.2) is 0 Å². The van der Waals surface area contributed by atoms with E-state index in [1.807, 2.05) is 19.1 Å². The highest BCUT2D eigenvalue weighted by molar-refractivity contribution is 5.66. The van der Waals surface area contributed by atoms with Gasteiger partial charge in [0.05, 0.1) is 13.0 Å². The van der Waals surface area contributed by atoms with E-state index in [0.717, 1.165) is 11.3 Å². The average Bonchev–Trinajstić information content (AvgIpc) is 2.18. The number of rotatable bonds is 4. The lowest BCUT2D eigenvalue weighted by Crippen LogP contribution is -2.15. The average molecular weight is 236 g/mol. The van der Waals surface area contributed by atoms with Crippen LogP contribution in [0.2, 0.25) is 0 Å². The van der Waals surface area contributed by atoms with Crippen LogP contribution in [0.1, 0.15) is 38.3 Å². The zero-order valence-electron chi connectivity index (χ0n) is 10.9. The molecule has 17 heavy (non-hydrogen) atoms. The number of aryl methyl sites for hydroxylation is 1. The molecule has 0 saturated carbocycles. The van der Waals surface area contributed by atoms with Crippen molar-refractivity contribution in [2.24, 2.45) is 0 Å². The van der Waals surface area contributed by atoms with Gasteiger partial charge in [0.2, 0.25) is 0 Å². The Balaban J connectivity index is 2.87. The third-order valence-electron chi connectivity index (χ3n) is 2.52. The lowest BCUT2D eigenvalue weighted by molar-refractivity contribution is -0.137. The van der Waals surface area contributed by atoms with Crippen molar-refractivity contribution >= 4 is 5.97 Å². The molecule has 0 radical (unpaired) electrons. The van der Waals surface area contributed by atoms with E-state index in [2.05, 4.69) is 26.8 Å². The molecule has 0 amide bonds. The molecule has 0 fully saturated rings. The van der Waals surface area contributed by atoms with Gasteiger partial charge in [0.1, 0.15) is 5.75 Å². The fourth-order valence-electron chi connectivity index (χ4n) is 1.60. The standard InChI is InChI=1S/C14H20O3/c1-10-5-6-12(17-8-7-13(15)16)11(9-10)14(2,3)4/h5-6,9H,7-8H2,1-4H3,(H,15,16). The number of benzene rings is 1.